The molecule has 100 valence electrons. The molecule has 1 heterocycles. The number of carbonyl (C=O) groups is 1. The van der Waals surface area contributed by atoms with E-state index >= 15 is 0 Å². The second kappa shape index (κ2) is 6.96. The average Bonchev–Trinajstić information content (AvgIpc) is 2.28. The summed E-state index contributed by atoms with van der Waals surface area (Å²) in [5.74, 6) is 0.178. The second-order valence-corrected chi connectivity index (χ2v) is 4.41. The lowest BCUT2D eigenvalue weighted by Gasteiger charge is -2.13. The molecule has 1 aromatic heterocycles. The summed E-state index contributed by atoms with van der Waals surface area (Å²) in [7, 11) is 0. The summed E-state index contributed by atoms with van der Waals surface area (Å²) >= 11 is 0. The third-order valence-electron chi connectivity index (χ3n) is 2.25. The zero-order valence-electron chi connectivity index (χ0n) is 11.0. The summed E-state index contributed by atoms with van der Waals surface area (Å²) < 4.78 is 5.43. The van der Waals surface area contributed by atoms with Gasteiger partial charge < -0.3 is 15.2 Å². The normalized spacial score (nSPS) is 12.3. The highest BCUT2D eigenvalue weighted by Gasteiger charge is 2.11. The van der Waals surface area contributed by atoms with E-state index in [9.17, 15) is 4.79 Å². The lowest BCUT2D eigenvalue weighted by atomic mass is 10.2. The molecule has 0 aromatic carbocycles. The van der Waals surface area contributed by atoms with Crippen LogP contribution in [0, 0.1) is 0 Å². The van der Waals surface area contributed by atoms with Gasteiger partial charge in [-0.2, -0.15) is 0 Å². The van der Waals surface area contributed by atoms with Crippen molar-refractivity contribution in [3.05, 3.63) is 23.9 Å². The number of carbonyl (C=O) groups excluding carboxylic acids is 1. The van der Waals surface area contributed by atoms with Crippen molar-refractivity contribution in [1.82, 2.24) is 10.3 Å². The van der Waals surface area contributed by atoms with Crippen molar-refractivity contribution in [1.29, 1.82) is 0 Å². The smallest absolute Gasteiger partial charge is 0.270 e. The number of ether oxygens (including phenoxy) is 1. The molecule has 5 heteroatoms. The highest BCUT2D eigenvalue weighted by Crippen LogP contribution is 2.09. The van der Waals surface area contributed by atoms with Crippen molar-refractivity contribution in [3.8, 4) is 5.88 Å². The first-order chi connectivity index (χ1) is 8.52. The Labute approximate surface area is 107 Å². The first-order valence-corrected chi connectivity index (χ1v) is 6.08. The third kappa shape index (κ3) is 4.71. The molecule has 1 aromatic rings. The Morgan fingerprint density at radius 1 is 1.44 bits per heavy atom. The molecule has 1 amide bonds. The van der Waals surface area contributed by atoms with Crippen LogP contribution in [0.4, 0.5) is 0 Å². The largest absolute Gasteiger partial charge is 0.475 e. The molecule has 1 rings (SSSR count). The molecule has 2 N–H and O–H groups in total. The number of aromatic nitrogens is 1. The zero-order valence-corrected chi connectivity index (χ0v) is 11.0. The monoisotopic (exact) mass is 252 g/mol. The molecular formula is C13H20N2O3. The summed E-state index contributed by atoms with van der Waals surface area (Å²) in [6, 6.07) is 5.00. The molecule has 0 saturated carbocycles. The number of amides is 1. The Morgan fingerprint density at radius 3 is 2.78 bits per heavy atom. The molecule has 0 aliphatic heterocycles. The zero-order chi connectivity index (χ0) is 13.5. The van der Waals surface area contributed by atoms with E-state index in [2.05, 4.69) is 10.3 Å². The number of aliphatic hydroxyl groups excluding tert-OH is 1. The lowest BCUT2D eigenvalue weighted by molar-refractivity contribution is 0.0927. The molecular weight excluding hydrogens is 232 g/mol. The first kappa shape index (κ1) is 14.4. The topological polar surface area (TPSA) is 71.5 Å². The predicted octanol–water partition coefficient (Wildman–Crippen LogP) is 1.37. The van der Waals surface area contributed by atoms with Crippen molar-refractivity contribution in [2.45, 2.75) is 39.3 Å². The average molecular weight is 252 g/mol. The fourth-order valence-corrected chi connectivity index (χ4v) is 1.41. The Kier molecular flexibility index (Phi) is 5.58. The lowest BCUT2D eigenvalue weighted by Crippen LogP contribution is -2.33. The molecule has 1 atom stereocenters. The number of nitrogens with zero attached hydrogens (tertiary/aromatic N) is 1. The van der Waals surface area contributed by atoms with Crippen LogP contribution in [0.15, 0.2) is 18.2 Å². The molecule has 1 unspecified atom stereocenters. The van der Waals surface area contributed by atoms with Gasteiger partial charge in [0.15, 0.2) is 0 Å². The molecule has 0 saturated heterocycles. The van der Waals surface area contributed by atoms with Crippen LogP contribution < -0.4 is 10.1 Å². The summed E-state index contributed by atoms with van der Waals surface area (Å²) in [4.78, 5) is 16.0. The van der Waals surface area contributed by atoms with Crippen LogP contribution in [0.5, 0.6) is 5.88 Å². The van der Waals surface area contributed by atoms with E-state index < -0.39 is 0 Å². The fourth-order valence-electron chi connectivity index (χ4n) is 1.41. The summed E-state index contributed by atoms with van der Waals surface area (Å²) in [6.07, 6.45) is 0.539. The summed E-state index contributed by atoms with van der Waals surface area (Å²) in [5.41, 5.74) is 0.318. The van der Waals surface area contributed by atoms with E-state index in [1.54, 1.807) is 18.2 Å². The summed E-state index contributed by atoms with van der Waals surface area (Å²) in [5, 5.41) is 11.5. The van der Waals surface area contributed by atoms with Gasteiger partial charge in [0.25, 0.3) is 5.91 Å². The molecule has 0 bridgehead atoms. The standard InChI is InChI=1S/C13H20N2O3/c1-9(2)18-12-6-4-5-11(15-12)13(17)14-10(3)7-8-16/h4-6,9-10,16H,7-8H2,1-3H3,(H,14,17). The summed E-state index contributed by atoms with van der Waals surface area (Å²) in [6.45, 7) is 5.68. The fraction of sp³-hybridized carbons (Fsp3) is 0.538. The van der Waals surface area contributed by atoms with Crippen molar-refractivity contribution >= 4 is 5.91 Å². The Balaban J connectivity index is 2.68. The van der Waals surface area contributed by atoms with Gasteiger partial charge in [0.2, 0.25) is 5.88 Å². The number of aliphatic hydroxyl groups is 1. The minimum absolute atomic E-state index is 0.0177. The molecule has 0 aliphatic rings. The Morgan fingerprint density at radius 2 is 2.17 bits per heavy atom. The van der Waals surface area contributed by atoms with Crippen LogP contribution in [0.25, 0.3) is 0 Å². The maximum Gasteiger partial charge on any atom is 0.270 e. The maximum atomic E-state index is 11.9. The van der Waals surface area contributed by atoms with Gasteiger partial charge in [-0.3, -0.25) is 4.79 Å². The van der Waals surface area contributed by atoms with Crippen LogP contribution in [-0.2, 0) is 0 Å². The maximum absolute atomic E-state index is 11.9. The van der Waals surface area contributed by atoms with Crippen LogP contribution >= 0.6 is 0 Å². The number of nitrogens with one attached hydrogen (secondary N) is 1. The molecule has 0 aliphatic carbocycles. The predicted molar refractivity (Wildman–Crippen MR) is 68.6 cm³/mol. The van der Waals surface area contributed by atoms with E-state index in [1.165, 1.54) is 0 Å². The minimum Gasteiger partial charge on any atom is -0.475 e. The van der Waals surface area contributed by atoms with Crippen LogP contribution in [0.1, 0.15) is 37.7 Å². The van der Waals surface area contributed by atoms with Crippen LogP contribution in [0.3, 0.4) is 0 Å². The number of hydrogen-bond donors (Lipinski definition) is 2. The van der Waals surface area contributed by atoms with Crippen molar-refractivity contribution < 1.29 is 14.6 Å². The van der Waals surface area contributed by atoms with Crippen LogP contribution in [0.2, 0.25) is 0 Å². The van der Waals surface area contributed by atoms with Crippen LogP contribution in [-0.4, -0.2) is 34.8 Å². The molecule has 0 spiro atoms. The molecule has 18 heavy (non-hydrogen) atoms. The third-order valence-corrected chi connectivity index (χ3v) is 2.25. The van der Waals surface area contributed by atoms with Gasteiger partial charge >= 0.3 is 0 Å². The van der Waals surface area contributed by atoms with Crippen molar-refractivity contribution in [2.24, 2.45) is 0 Å². The van der Waals surface area contributed by atoms with E-state index in [0.29, 0.717) is 18.0 Å². The SMILES string of the molecule is CC(CCO)NC(=O)c1cccc(OC(C)C)n1. The quantitative estimate of drug-likeness (QED) is 0.802. The molecule has 0 radical (unpaired) electrons. The first-order valence-electron chi connectivity index (χ1n) is 6.08. The van der Waals surface area contributed by atoms with E-state index in [0.717, 1.165) is 0 Å². The van der Waals surface area contributed by atoms with E-state index in [-0.39, 0.29) is 24.7 Å². The highest BCUT2D eigenvalue weighted by atomic mass is 16.5. The second-order valence-electron chi connectivity index (χ2n) is 4.41. The van der Waals surface area contributed by atoms with Gasteiger partial charge in [-0.15, -0.1) is 0 Å². The Hall–Kier alpha value is -1.62. The van der Waals surface area contributed by atoms with E-state index in [1.807, 2.05) is 20.8 Å². The van der Waals surface area contributed by atoms with Crippen molar-refractivity contribution in [3.63, 3.8) is 0 Å². The van der Waals surface area contributed by atoms with Gasteiger partial charge in [-0.05, 0) is 33.3 Å². The Bertz CT molecular complexity index is 394. The minimum atomic E-state index is -0.259. The molecule has 5 nitrogen and oxygen atoms in total. The van der Waals surface area contributed by atoms with Gasteiger partial charge in [-0.1, -0.05) is 6.07 Å². The number of rotatable bonds is 6. The number of hydrogen-bond acceptors (Lipinski definition) is 4. The van der Waals surface area contributed by atoms with Crippen molar-refractivity contribution in [2.75, 3.05) is 6.61 Å². The van der Waals surface area contributed by atoms with Gasteiger partial charge in [-0.25, -0.2) is 4.98 Å². The van der Waals surface area contributed by atoms with Gasteiger partial charge in [0.05, 0.1) is 6.10 Å². The van der Waals surface area contributed by atoms with E-state index in [4.69, 9.17) is 9.84 Å². The van der Waals surface area contributed by atoms with Gasteiger partial charge in [0, 0.05) is 18.7 Å². The number of pyridine rings is 1. The highest BCUT2D eigenvalue weighted by molar-refractivity contribution is 5.92. The molecule has 0 fully saturated rings. The van der Waals surface area contributed by atoms with Gasteiger partial charge in [0.1, 0.15) is 5.69 Å².